The van der Waals surface area contributed by atoms with Crippen molar-refractivity contribution in [2.75, 3.05) is 13.2 Å². The van der Waals surface area contributed by atoms with Gasteiger partial charge in [0.25, 0.3) is 0 Å². The second-order valence-corrected chi connectivity index (χ2v) is 3.85. The van der Waals surface area contributed by atoms with E-state index in [9.17, 15) is 0 Å². The highest BCUT2D eigenvalue weighted by Crippen LogP contribution is 2.17. The molecule has 0 amide bonds. The molecule has 14 heavy (non-hydrogen) atoms. The molecule has 76 valence electrons. The monoisotopic (exact) mass is 192 g/mol. The zero-order valence-electron chi connectivity index (χ0n) is 8.23. The molecule has 0 aromatic carbocycles. The van der Waals surface area contributed by atoms with Crippen molar-refractivity contribution in [3.8, 4) is 0 Å². The molecule has 3 nitrogen and oxygen atoms in total. The van der Waals surface area contributed by atoms with Gasteiger partial charge in [0.15, 0.2) is 0 Å². The van der Waals surface area contributed by atoms with Crippen molar-refractivity contribution in [1.82, 2.24) is 4.98 Å². The highest BCUT2D eigenvalue weighted by Gasteiger charge is 2.22. The fourth-order valence-corrected chi connectivity index (χ4v) is 1.85. The second-order valence-electron chi connectivity index (χ2n) is 3.85. The first-order valence-electron chi connectivity index (χ1n) is 5.08. The third kappa shape index (κ3) is 2.30. The first kappa shape index (κ1) is 9.62. The van der Waals surface area contributed by atoms with Gasteiger partial charge in [-0.15, -0.1) is 0 Å². The summed E-state index contributed by atoms with van der Waals surface area (Å²) in [5, 5.41) is 0. The highest BCUT2D eigenvalue weighted by atomic mass is 16.5. The van der Waals surface area contributed by atoms with Crippen LogP contribution in [0.25, 0.3) is 0 Å². The summed E-state index contributed by atoms with van der Waals surface area (Å²) in [6, 6.07) is 4.27. The van der Waals surface area contributed by atoms with Gasteiger partial charge >= 0.3 is 0 Å². The normalized spacial score (nSPS) is 23.6. The van der Waals surface area contributed by atoms with Gasteiger partial charge in [-0.1, -0.05) is 0 Å². The van der Waals surface area contributed by atoms with Crippen LogP contribution >= 0.6 is 0 Å². The van der Waals surface area contributed by atoms with E-state index in [1.54, 1.807) is 0 Å². The van der Waals surface area contributed by atoms with Crippen molar-refractivity contribution in [1.29, 1.82) is 0 Å². The van der Waals surface area contributed by atoms with Gasteiger partial charge in [-0.3, -0.25) is 4.98 Å². The van der Waals surface area contributed by atoms with E-state index in [-0.39, 0.29) is 6.04 Å². The molecule has 0 aliphatic carbocycles. The Balaban J connectivity index is 1.90. The standard InChI is InChI=1S/C11H16N2O/c12-11(10-3-6-14-8-10)7-9-1-4-13-5-2-9/h1-2,4-5,10-11H,3,6-8,12H2. The number of hydrogen-bond acceptors (Lipinski definition) is 3. The Bertz CT molecular complexity index is 270. The Labute approximate surface area is 84.3 Å². The number of rotatable bonds is 3. The number of aromatic nitrogens is 1. The molecule has 0 bridgehead atoms. The van der Waals surface area contributed by atoms with E-state index in [2.05, 4.69) is 4.98 Å². The maximum Gasteiger partial charge on any atom is 0.0510 e. The van der Waals surface area contributed by atoms with Crippen molar-refractivity contribution in [3.63, 3.8) is 0 Å². The van der Waals surface area contributed by atoms with Crippen molar-refractivity contribution in [3.05, 3.63) is 30.1 Å². The van der Waals surface area contributed by atoms with E-state index < -0.39 is 0 Å². The van der Waals surface area contributed by atoms with Gasteiger partial charge in [0.2, 0.25) is 0 Å². The van der Waals surface area contributed by atoms with Crippen molar-refractivity contribution in [2.45, 2.75) is 18.9 Å². The number of hydrogen-bond donors (Lipinski definition) is 1. The first-order chi connectivity index (χ1) is 6.86. The second kappa shape index (κ2) is 4.53. The fourth-order valence-electron chi connectivity index (χ4n) is 1.85. The molecule has 1 aromatic heterocycles. The summed E-state index contributed by atoms with van der Waals surface area (Å²) in [7, 11) is 0. The molecule has 3 heteroatoms. The van der Waals surface area contributed by atoms with E-state index in [0.29, 0.717) is 5.92 Å². The van der Waals surface area contributed by atoms with E-state index in [4.69, 9.17) is 10.5 Å². The van der Waals surface area contributed by atoms with E-state index in [1.165, 1.54) is 5.56 Å². The molecule has 2 heterocycles. The van der Waals surface area contributed by atoms with Gasteiger partial charge in [-0.25, -0.2) is 0 Å². The minimum absolute atomic E-state index is 0.222. The average Bonchev–Trinajstić information content (AvgIpc) is 2.72. The zero-order valence-corrected chi connectivity index (χ0v) is 8.23. The van der Waals surface area contributed by atoms with E-state index in [0.717, 1.165) is 26.1 Å². The molecular weight excluding hydrogens is 176 g/mol. The quantitative estimate of drug-likeness (QED) is 0.776. The lowest BCUT2D eigenvalue weighted by Crippen LogP contribution is -2.32. The molecule has 1 saturated heterocycles. The molecule has 0 radical (unpaired) electrons. The maximum atomic E-state index is 6.11. The lowest BCUT2D eigenvalue weighted by Gasteiger charge is -2.17. The third-order valence-corrected chi connectivity index (χ3v) is 2.79. The van der Waals surface area contributed by atoms with E-state index in [1.807, 2.05) is 24.5 Å². The summed E-state index contributed by atoms with van der Waals surface area (Å²) in [6.07, 6.45) is 5.66. The smallest absolute Gasteiger partial charge is 0.0510 e. The Morgan fingerprint density at radius 2 is 2.29 bits per heavy atom. The summed E-state index contributed by atoms with van der Waals surface area (Å²) < 4.78 is 5.32. The van der Waals surface area contributed by atoms with E-state index >= 15 is 0 Å². The number of nitrogens with two attached hydrogens (primary N) is 1. The van der Waals surface area contributed by atoms with Gasteiger partial charge in [-0.2, -0.15) is 0 Å². The summed E-state index contributed by atoms with van der Waals surface area (Å²) in [5.41, 5.74) is 7.37. The molecule has 1 aliphatic rings. The van der Waals surface area contributed by atoms with Crippen molar-refractivity contribution >= 4 is 0 Å². The largest absolute Gasteiger partial charge is 0.381 e. The predicted octanol–water partition coefficient (Wildman–Crippen LogP) is 0.988. The topological polar surface area (TPSA) is 48.1 Å². The maximum absolute atomic E-state index is 6.11. The molecule has 2 rings (SSSR count). The fraction of sp³-hybridized carbons (Fsp3) is 0.545. The zero-order chi connectivity index (χ0) is 9.80. The summed E-state index contributed by atoms with van der Waals surface area (Å²) in [5.74, 6) is 0.531. The van der Waals surface area contributed by atoms with Gasteiger partial charge in [0.05, 0.1) is 6.61 Å². The summed E-state index contributed by atoms with van der Waals surface area (Å²) in [4.78, 5) is 3.98. The van der Waals surface area contributed by atoms with Crippen LogP contribution in [0.5, 0.6) is 0 Å². The Hall–Kier alpha value is -0.930. The number of nitrogens with zero attached hydrogens (tertiary/aromatic N) is 1. The van der Waals surface area contributed by atoms with Crippen LogP contribution in [0.3, 0.4) is 0 Å². The van der Waals surface area contributed by atoms with Gasteiger partial charge < -0.3 is 10.5 Å². The van der Waals surface area contributed by atoms with Crippen LogP contribution in [0.15, 0.2) is 24.5 Å². The van der Waals surface area contributed by atoms with Crippen LogP contribution in [0.4, 0.5) is 0 Å². The van der Waals surface area contributed by atoms with Crippen molar-refractivity contribution < 1.29 is 4.74 Å². The van der Waals surface area contributed by atoms with Crippen LogP contribution < -0.4 is 5.73 Å². The molecule has 2 N–H and O–H groups in total. The lowest BCUT2D eigenvalue weighted by molar-refractivity contribution is 0.180. The van der Waals surface area contributed by atoms with Crippen LogP contribution in [-0.4, -0.2) is 24.2 Å². The number of ether oxygens (including phenoxy) is 1. The van der Waals surface area contributed by atoms with Crippen LogP contribution in [0, 0.1) is 5.92 Å². The van der Waals surface area contributed by atoms with Gasteiger partial charge in [0, 0.05) is 25.0 Å². The Morgan fingerprint density at radius 3 is 2.93 bits per heavy atom. The van der Waals surface area contributed by atoms with Crippen molar-refractivity contribution in [2.24, 2.45) is 11.7 Å². The van der Waals surface area contributed by atoms with Crippen LogP contribution in [0.2, 0.25) is 0 Å². The first-order valence-corrected chi connectivity index (χ1v) is 5.08. The Morgan fingerprint density at radius 1 is 1.50 bits per heavy atom. The molecule has 1 aliphatic heterocycles. The van der Waals surface area contributed by atoms with Crippen LogP contribution in [0.1, 0.15) is 12.0 Å². The summed E-state index contributed by atoms with van der Waals surface area (Å²) in [6.45, 7) is 1.70. The molecule has 0 saturated carbocycles. The molecule has 0 spiro atoms. The average molecular weight is 192 g/mol. The SMILES string of the molecule is NC(Cc1ccncc1)C1CCOC1. The van der Waals surface area contributed by atoms with Gasteiger partial charge in [-0.05, 0) is 36.5 Å². The molecular formula is C11H16N2O. The lowest BCUT2D eigenvalue weighted by atomic mass is 9.94. The molecule has 2 unspecified atom stereocenters. The summed E-state index contributed by atoms with van der Waals surface area (Å²) >= 11 is 0. The third-order valence-electron chi connectivity index (χ3n) is 2.79. The predicted molar refractivity (Wildman–Crippen MR) is 54.8 cm³/mol. The number of pyridine rings is 1. The Kier molecular flexibility index (Phi) is 3.11. The molecule has 1 aromatic rings. The van der Waals surface area contributed by atoms with Gasteiger partial charge in [0.1, 0.15) is 0 Å². The van der Waals surface area contributed by atoms with Crippen LogP contribution in [-0.2, 0) is 11.2 Å². The highest BCUT2D eigenvalue weighted by molar-refractivity contribution is 5.11. The molecule has 1 fully saturated rings. The minimum atomic E-state index is 0.222. The molecule has 2 atom stereocenters. The minimum Gasteiger partial charge on any atom is -0.381 e.